The minimum Gasteiger partial charge on any atom is -0.342 e. The van der Waals surface area contributed by atoms with Gasteiger partial charge in [0.1, 0.15) is 23.3 Å². The molecule has 3 atom stereocenters. The number of carbonyl (C=O) groups excluding carboxylic acids is 1. The van der Waals surface area contributed by atoms with Crippen molar-refractivity contribution in [2.45, 2.75) is 70.0 Å². The van der Waals surface area contributed by atoms with Crippen LogP contribution in [0.2, 0.25) is 5.02 Å². The lowest BCUT2D eigenvalue weighted by Crippen LogP contribution is -2.42. The number of aromatic nitrogens is 3. The topological polar surface area (TPSA) is 54.3 Å². The molecule has 1 saturated carbocycles. The van der Waals surface area contributed by atoms with E-state index in [1.165, 1.54) is 6.07 Å². The van der Waals surface area contributed by atoms with E-state index < -0.39 is 36.1 Å². The Morgan fingerprint density at radius 1 is 1.07 bits per heavy atom. The number of halogens is 6. The van der Waals surface area contributed by atoms with Crippen LogP contribution in [0.1, 0.15) is 66.7 Å². The zero-order valence-corrected chi connectivity index (χ0v) is 25.1. The molecule has 0 bridgehead atoms. The highest BCUT2D eigenvalue weighted by molar-refractivity contribution is 6.31. The van der Waals surface area contributed by atoms with Crippen LogP contribution < -0.4 is 0 Å². The van der Waals surface area contributed by atoms with E-state index in [4.69, 9.17) is 16.6 Å². The Hall–Kier alpha value is -3.05. The molecule has 2 aromatic carbocycles. The van der Waals surface area contributed by atoms with Crippen molar-refractivity contribution in [3.8, 4) is 5.69 Å². The second-order valence-corrected chi connectivity index (χ2v) is 12.2. The second kappa shape index (κ2) is 12.5. The predicted molar refractivity (Wildman–Crippen MR) is 153 cm³/mol. The number of aryl methyl sites for hydroxylation is 2. The molecule has 5 rings (SSSR count). The highest BCUT2D eigenvalue weighted by Gasteiger charge is 2.44. The van der Waals surface area contributed by atoms with Crippen molar-refractivity contribution in [1.29, 1.82) is 0 Å². The van der Waals surface area contributed by atoms with Gasteiger partial charge in [-0.15, -0.1) is 0 Å². The smallest absolute Gasteiger partial charge is 0.342 e. The van der Waals surface area contributed by atoms with Crippen molar-refractivity contribution in [3.63, 3.8) is 0 Å². The Balaban J connectivity index is 1.32. The number of carbonyl (C=O) groups is 1. The van der Waals surface area contributed by atoms with E-state index in [1.807, 2.05) is 36.7 Å². The zero-order valence-electron chi connectivity index (χ0n) is 24.3. The van der Waals surface area contributed by atoms with Crippen molar-refractivity contribution in [3.05, 3.63) is 75.8 Å². The molecule has 43 heavy (non-hydrogen) atoms. The molecule has 1 aliphatic heterocycles. The molecular weight excluding hydrogens is 589 g/mol. The fraction of sp³-hybridized carbons (Fsp3) is 0.516. The van der Waals surface area contributed by atoms with Crippen LogP contribution in [0, 0.1) is 31.4 Å². The van der Waals surface area contributed by atoms with Crippen LogP contribution in [0.5, 0.6) is 0 Å². The first kappa shape index (κ1) is 31.4. The molecule has 0 N–H and O–H groups in total. The summed E-state index contributed by atoms with van der Waals surface area (Å²) in [6.07, 6.45) is -3.36. The normalized spacial score (nSPS) is 21.6. The van der Waals surface area contributed by atoms with E-state index >= 15 is 0 Å². The first-order chi connectivity index (χ1) is 20.3. The maximum atomic E-state index is 14.9. The maximum absolute atomic E-state index is 14.9. The number of likely N-dealkylation sites (tertiary alicyclic amines) is 1. The summed E-state index contributed by atoms with van der Waals surface area (Å²) in [5.74, 6) is -1.31. The van der Waals surface area contributed by atoms with Gasteiger partial charge in [0.2, 0.25) is 5.91 Å². The van der Waals surface area contributed by atoms with Gasteiger partial charge in [-0.05, 0) is 87.9 Å². The molecule has 0 radical (unpaired) electrons. The molecule has 1 aliphatic carbocycles. The largest absolute Gasteiger partial charge is 0.390 e. The molecule has 232 valence electrons. The number of nitrogens with zero attached hydrogens (tertiary/aromatic N) is 5. The van der Waals surface area contributed by atoms with Gasteiger partial charge < -0.3 is 9.80 Å². The fourth-order valence-electron chi connectivity index (χ4n) is 6.51. The molecule has 12 heteroatoms. The predicted octanol–water partition coefficient (Wildman–Crippen LogP) is 6.97. The van der Waals surface area contributed by atoms with Crippen molar-refractivity contribution in [1.82, 2.24) is 24.6 Å². The molecule has 2 heterocycles. The number of benzene rings is 2. The first-order valence-corrected chi connectivity index (χ1v) is 14.9. The number of hydrogen-bond acceptors (Lipinski definition) is 4. The summed E-state index contributed by atoms with van der Waals surface area (Å²) in [6.45, 7) is 4.45. The van der Waals surface area contributed by atoms with E-state index in [0.29, 0.717) is 49.6 Å². The minimum absolute atomic E-state index is 0.0522. The Bertz CT molecular complexity index is 1470. The van der Waals surface area contributed by atoms with Gasteiger partial charge in [-0.2, -0.15) is 18.3 Å². The highest BCUT2D eigenvalue weighted by atomic mass is 35.5. The van der Waals surface area contributed by atoms with Crippen LogP contribution in [0.3, 0.4) is 0 Å². The lowest BCUT2D eigenvalue weighted by molar-refractivity contribution is -0.139. The minimum atomic E-state index is -4.30. The molecule has 1 aromatic heterocycles. The number of amides is 1. The summed E-state index contributed by atoms with van der Waals surface area (Å²) < 4.78 is 69.2. The van der Waals surface area contributed by atoms with Gasteiger partial charge >= 0.3 is 6.18 Å². The first-order valence-electron chi connectivity index (χ1n) is 14.5. The molecule has 6 nitrogen and oxygen atoms in total. The molecule has 0 unspecified atom stereocenters. The van der Waals surface area contributed by atoms with Crippen molar-refractivity contribution in [2.75, 3.05) is 26.7 Å². The average Bonchev–Trinajstić information content (AvgIpc) is 3.57. The summed E-state index contributed by atoms with van der Waals surface area (Å²) in [5, 5.41) is 5.26. The third-order valence-corrected chi connectivity index (χ3v) is 9.31. The third kappa shape index (κ3) is 7.03. The Morgan fingerprint density at radius 3 is 2.44 bits per heavy atom. The standard InChI is InChI=1S/C31H35ClF5N5O/c1-18-14-22(5-7-27(18)32)42-29(38-19(2)39-42)20-8-11-41(12-9-20)30(43)26-17-23(40(3)13-10-31(35,36)37)16-25(26)24-6-4-21(33)15-28(24)34/h4-7,14-15,20,23,25-26H,8-13,16-17H2,1-3H3/t23-,25-,26+/m0/s1. The van der Waals surface area contributed by atoms with Gasteiger partial charge in [-0.1, -0.05) is 17.7 Å². The molecule has 0 spiro atoms. The highest BCUT2D eigenvalue weighted by Crippen LogP contribution is 2.44. The number of piperidine rings is 1. The van der Waals surface area contributed by atoms with Gasteiger partial charge in [0.05, 0.1) is 12.1 Å². The lowest BCUT2D eigenvalue weighted by atomic mass is 9.86. The molecular formula is C31H35ClF5N5O. The van der Waals surface area contributed by atoms with Gasteiger partial charge in [-0.3, -0.25) is 4.79 Å². The van der Waals surface area contributed by atoms with Gasteiger partial charge in [0.25, 0.3) is 0 Å². The summed E-state index contributed by atoms with van der Waals surface area (Å²) in [4.78, 5) is 22.0. The Morgan fingerprint density at radius 2 is 1.79 bits per heavy atom. The van der Waals surface area contributed by atoms with Crippen molar-refractivity contribution < 1.29 is 26.7 Å². The number of rotatable bonds is 7. The third-order valence-electron chi connectivity index (χ3n) is 8.88. The SMILES string of the molecule is Cc1nc(C2CCN(C(=O)[C@@H]3C[C@@H](N(C)CCC(F)(F)F)C[C@H]3c3ccc(F)cc3F)CC2)n(-c2ccc(Cl)c(C)c2)n1. The number of alkyl halides is 3. The van der Waals surface area contributed by atoms with E-state index in [0.717, 1.165) is 29.2 Å². The van der Waals surface area contributed by atoms with Crippen LogP contribution in [-0.4, -0.2) is 69.4 Å². The summed E-state index contributed by atoms with van der Waals surface area (Å²) in [7, 11) is 1.60. The Labute approximate surface area is 252 Å². The zero-order chi connectivity index (χ0) is 31.1. The van der Waals surface area contributed by atoms with Crippen LogP contribution in [0.4, 0.5) is 22.0 Å². The van der Waals surface area contributed by atoms with Gasteiger partial charge in [0.15, 0.2) is 0 Å². The molecule has 2 aliphatic rings. The fourth-order valence-corrected chi connectivity index (χ4v) is 6.63. The van der Waals surface area contributed by atoms with Gasteiger partial charge in [-0.25, -0.2) is 18.4 Å². The monoisotopic (exact) mass is 623 g/mol. The molecule has 1 saturated heterocycles. The molecule has 1 amide bonds. The van der Waals surface area contributed by atoms with Crippen molar-refractivity contribution >= 4 is 17.5 Å². The van der Waals surface area contributed by atoms with Gasteiger partial charge in [0, 0.05) is 48.6 Å². The van der Waals surface area contributed by atoms with Crippen LogP contribution >= 0.6 is 11.6 Å². The Kier molecular flexibility index (Phi) is 9.13. The molecule has 2 fully saturated rings. The van der Waals surface area contributed by atoms with Crippen LogP contribution in [0.15, 0.2) is 36.4 Å². The quantitative estimate of drug-likeness (QED) is 0.267. The average molecular weight is 624 g/mol. The van der Waals surface area contributed by atoms with Crippen LogP contribution in [-0.2, 0) is 4.79 Å². The summed E-state index contributed by atoms with van der Waals surface area (Å²) >= 11 is 6.22. The summed E-state index contributed by atoms with van der Waals surface area (Å²) in [6, 6.07) is 8.64. The number of hydrogen-bond donors (Lipinski definition) is 0. The van der Waals surface area contributed by atoms with Crippen molar-refractivity contribution in [2.24, 2.45) is 5.92 Å². The maximum Gasteiger partial charge on any atom is 0.390 e. The van der Waals surface area contributed by atoms with E-state index in [9.17, 15) is 26.7 Å². The van der Waals surface area contributed by atoms with Crippen LogP contribution in [0.25, 0.3) is 5.69 Å². The summed E-state index contributed by atoms with van der Waals surface area (Å²) in [5.41, 5.74) is 2.00. The van der Waals surface area contributed by atoms with E-state index in [-0.39, 0.29) is 30.0 Å². The molecule has 3 aromatic rings. The van der Waals surface area contributed by atoms with E-state index in [2.05, 4.69) is 5.10 Å². The second-order valence-electron chi connectivity index (χ2n) is 11.8. The van der Waals surface area contributed by atoms with E-state index in [1.54, 1.807) is 16.8 Å². The lowest BCUT2D eigenvalue weighted by Gasteiger charge is -2.34.